The highest BCUT2D eigenvalue weighted by Crippen LogP contribution is 2.11. The lowest BCUT2D eigenvalue weighted by atomic mass is 10.1. The molecule has 0 unspecified atom stereocenters. The van der Waals surface area contributed by atoms with E-state index in [9.17, 15) is 0 Å². The first kappa shape index (κ1) is 11.8. The number of nitrogens with zero attached hydrogens (tertiary/aromatic N) is 1. The van der Waals surface area contributed by atoms with E-state index in [0.717, 1.165) is 17.8 Å². The van der Waals surface area contributed by atoms with Crippen LogP contribution < -0.4 is 0 Å². The molecule has 1 aromatic heterocycles. The number of rotatable bonds is 2. The van der Waals surface area contributed by atoms with E-state index in [1.807, 2.05) is 0 Å². The number of nitrogens with one attached hydrogen (secondary N) is 1. The fourth-order valence-electron chi connectivity index (χ4n) is 1.58. The van der Waals surface area contributed by atoms with Gasteiger partial charge in [-0.25, -0.2) is 4.98 Å². The zero-order valence-corrected chi connectivity index (χ0v) is 9.77. The van der Waals surface area contributed by atoms with Gasteiger partial charge in [-0.05, 0) is 19.4 Å². The van der Waals surface area contributed by atoms with Gasteiger partial charge in [0.25, 0.3) is 0 Å². The summed E-state index contributed by atoms with van der Waals surface area (Å²) in [7, 11) is 0. The molecule has 2 aromatic rings. The number of benzene rings is 1. The van der Waals surface area contributed by atoms with Crippen molar-refractivity contribution >= 4 is 12.4 Å². The van der Waals surface area contributed by atoms with Gasteiger partial charge >= 0.3 is 0 Å². The number of imidazole rings is 1. The van der Waals surface area contributed by atoms with Gasteiger partial charge in [-0.15, -0.1) is 12.4 Å². The first-order valence-electron chi connectivity index (χ1n) is 4.80. The zero-order valence-electron chi connectivity index (χ0n) is 8.95. The van der Waals surface area contributed by atoms with Gasteiger partial charge in [0, 0.05) is 12.1 Å². The molecule has 0 aliphatic rings. The summed E-state index contributed by atoms with van der Waals surface area (Å²) in [6, 6.07) is 8.54. The molecule has 0 fully saturated rings. The fraction of sp³-hybridized carbons (Fsp3) is 0.250. The largest absolute Gasteiger partial charge is 0.348 e. The molecular weight excluding hydrogens is 208 g/mol. The molecule has 1 heterocycles. The van der Waals surface area contributed by atoms with Gasteiger partial charge in [0.1, 0.15) is 0 Å². The van der Waals surface area contributed by atoms with Crippen LogP contribution in [0.15, 0.2) is 30.6 Å². The molecule has 2 nitrogen and oxygen atoms in total. The van der Waals surface area contributed by atoms with Gasteiger partial charge in [-0.3, -0.25) is 0 Å². The summed E-state index contributed by atoms with van der Waals surface area (Å²) in [6.45, 7) is 4.17. The van der Waals surface area contributed by atoms with Crippen molar-refractivity contribution in [1.29, 1.82) is 0 Å². The summed E-state index contributed by atoms with van der Waals surface area (Å²) in [6.07, 6.45) is 2.66. The number of hydrogen-bond donors (Lipinski definition) is 1. The highest BCUT2D eigenvalue weighted by molar-refractivity contribution is 5.85. The molecule has 1 aromatic carbocycles. The molecule has 1 N–H and O–H groups in total. The summed E-state index contributed by atoms with van der Waals surface area (Å²) in [5, 5.41) is 0. The summed E-state index contributed by atoms with van der Waals surface area (Å²) in [4.78, 5) is 7.38. The number of hydrogen-bond acceptors (Lipinski definition) is 1. The number of aromatic amines is 1. The molecular formula is C12H15ClN2. The van der Waals surface area contributed by atoms with Gasteiger partial charge < -0.3 is 4.98 Å². The van der Waals surface area contributed by atoms with Crippen LogP contribution >= 0.6 is 12.4 Å². The Balaban J connectivity index is 0.00000112. The van der Waals surface area contributed by atoms with Crippen molar-refractivity contribution in [3.05, 3.63) is 53.1 Å². The Kier molecular flexibility index (Phi) is 3.92. The normalized spacial score (nSPS) is 9.73. The lowest BCUT2D eigenvalue weighted by Crippen LogP contribution is -1.91. The molecule has 0 amide bonds. The van der Waals surface area contributed by atoms with Crippen molar-refractivity contribution < 1.29 is 0 Å². The highest BCUT2D eigenvalue weighted by Gasteiger charge is 2.01. The second-order valence-corrected chi connectivity index (χ2v) is 3.64. The number of aryl methyl sites for hydroxylation is 2. The van der Waals surface area contributed by atoms with Crippen LogP contribution in [0.3, 0.4) is 0 Å². The van der Waals surface area contributed by atoms with Crippen molar-refractivity contribution in [3.63, 3.8) is 0 Å². The third kappa shape index (κ3) is 2.83. The Morgan fingerprint density at radius 2 is 2.07 bits per heavy atom. The van der Waals surface area contributed by atoms with Crippen LogP contribution in [0.5, 0.6) is 0 Å². The molecule has 0 atom stereocenters. The molecule has 0 saturated heterocycles. The topological polar surface area (TPSA) is 28.7 Å². The SMILES string of the molecule is Cc1cccc(Cc2nc[nH]c2C)c1.Cl. The summed E-state index contributed by atoms with van der Waals surface area (Å²) in [5.41, 5.74) is 4.91. The summed E-state index contributed by atoms with van der Waals surface area (Å²) >= 11 is 0. The van der Waals surface area contributed by atoms with Crippen molar-refractivity contribution in [2.45, 2.75) is 20.3 Å². The maximum Gasteiger partial charge on any atom is 0.0925 e. The minimum atomic E-state index is 0. The van der Waals surface area contributed by atoms with E-state index in [-0.39, 0.29) is 12.4 Å². The van der Waals surface area contributed by atoms with E-state index in [1.165, 1.54) is 11.1 Å². The Morgan fingerprint density at radius 3 is 2.67 bits per heavy atom. The van der Waals surface area contributed by atoms with Crippen LogP contribution in [0, 0.1) is 13.8 Å². The maximum atomic E-state index is 4.29. The Hall–Kier alpha value is -1.28. The first-order chi connectivity index (χ1) is 6.75. The van der Waals surface area contributed by atoms with E-state index < -0.39 is 0 Å². The van der Waals surface area contributed by atoms with Gasteiger partial charge in [0.05, 0.1) is 12.0 Å². The molecule has 0 spiro atoms. The van der Waals surface area contributed by atoms with E-state index in [1.54, 1.807) is 6.33 Å². The number of aromatic nitrogens is 2. The predicted molar refractivity (Wildman–Crippen MR) is 64.6 cm³/mol. The standard InChI is InChI=1S/C12H14N2.ClH/c1-9-4-3-5-11(6-9)7-12-10(2)13-8-14-12;/h3-6,8H,7H2,1-2H3,(H,13,14);1H. The maximum absolute atomic E-state index is 4.29. The van der Waals surface area contributed by atoms with Crippen LogP contribution in [-0.4, -0.2) is 9.97 Å². The van der Waals surface area contributed by atoms with Crippen LogP contribution in [0.4, 0.5) is 0 Å². The number of H-pyrrole nitrogens is 1. The minimum Gasteiger partial charge on any atom is -0.348 e. The molecule has 0 bridgehead atoms. The minimum absolute atomic E-state index is 0. The van der Waals surface area contributed by atoms with Gasteiger partial charge in [0.15, 0.2) is 0 Å². The van der Waals surface area contributed by atoms with Crippen LogP contribution in [0.1, 0.15) is 22.5 Å². The van der Waals surface area contributed by atoms with Crippen LogP contribution in [0.2, 0.25) is 0 Å². The van der Waals surface area contributed by atoms with Crippen molar-refractivity contribution in [2.24, 2.45) is 0 Å². The molecule has 0 radical (unpaired) electrons. The first-order valence-corrected chi connectivity index (χ1v) is 4.80. The Bertz CT molecular complexity index is 435. The van der Waals surface area contributed by atoms with E-state index in [2.05, 4.69) is 48.1 Å². The molecule has 0 aliphatic heterocycles. The lowest BCUT2D eigenvalue weighted by molar-refractivity contribution is 1.08. The van der Waals surface area contributed by atoms with E-state index in [4.69, 9.17) is 0 Å². The van der Waals surface area contributed by atoms with Gasteiger partial charge in [-0.2, -0.15) is 0 Å². The highest BCUT2D eigenvalue weighted by atomic mass is 35.5. The number of halogens is 1. The third-order valence-corrected chi connectivity index (χ3v) is 2.39. The monoisotopic (exact) mass is 222 g/mol. The second-order valence-electron chi connectivity index (χ2n) is 3.64. The summed E-state index contributed by atoms with van der Waals surface area (Å²) < 4.78 is 0. The van der Waals surface area contributed by atoms with Crippen LogP contribution in [-0.2, 0) is 6.42 Å². The predicted octanol–water partition coefficient (Wildman–Crippen LogP) is 3.04. The average Bonchev–Trinajstić information content (AvgIpc) is 2.52. The molecule has 3 heteroatoms. The lowest BCUT2D eigenvalue weighted by Gasteiger charge is -2.00. The summed E-state index contributed by atoms with van der Waals surface area (Å²) in [5.74, 6) is 0. The fourth-order valence-corrected chi connectivity index (χ4v) is 1.58. The quantitative estimate of drug-likeness (QED) is 0.832. The van der Waals surface area contributed by atoms with Gasteiger partial charge in [0.2, 0.25) is 0 Å². The van der Waals surface area contributed by atoms with Gasteiger partial charge in [-0.1, -0.05) is 29.8 Å². The molecule has 0 aliphatic carbocycles. The smallest absolute Gasteiger partial charge is 0.0925 e. The molecule has 2 rings (SSSR count). The molecule has 80 valence electrons. The van der Waals surface area contributed by atoms with Crippen molar-refractivity contribution in [3.8, 4) is 0 Å². The third-order valence-electron chi connectivity index (χ3n) is 2.39. The molecule has 0 saturated carbocycles. The van der Waals surface area contributed by atoms with Crippen molar-refractivity contribution in [2.75, 3.05) is 0 Å². The van der Waals surface area contributed by atoms with E-state index in [0.29, 0.717) is 0 Å². The Morgan fingerprint density at radius 1 is 1.27 bits per heavy atom. The average molecular weight is 223 g/mol. The van der Waals surface area contributed by atoms with E-state index >= 15 is 0 Å². The zero-order chi connectivity index (χ0) is 9.97. The second kappa shape index (κ2) is 4.99. The molecule has 15 heavy (non-hydrogen) atoms. The van der Waals surface area contributed by atoms with Crippen LogP contribution in [0.25, 0.3) is 0 Å². The Labute approximate surface area is 96.2 Å². The van der Waals surface area contributed by atoms with Crippen molar-refractivity contribution in [1.82, 2.24) is 9.97 Å².